The van der Waals surface area contributed by atoms with Crippen LogP contribution in [0.1, 0.15) is 33.3 Å². The zero-order valence-electron chi connectivity index (χ0n) is 19.4. The summed E-state index contributed by atoms with van der Waals surface area (Å²) in [5.41, 5.74) is 4.19. The highest BCUT2D eigenvalue weighted by Gasteiger charge is 2.30. The van der Waals surface area contributed by atoms with Gasteiger partial charge in [-0.2, -0.15) is 0 Å². The van der Waals surface area contributed by atoms with Crippen LogP contribution in [0.2, 0.25) is 0 Å². The maximum Gasteiger partial charge on any atom is 0.407 e. The van der Waals surface area contributed by atoms with Crippen LogP contribution >= 0.6 is 0 Å². The van der Waals surface area contributed by atoms with Crippen LogP contribution in [0.3, 0.4) is 0 Å². The van der Waals surface area contributed by atoms with Gasteiger partial charge in [0.1, 0.15) is 12.6 Å². The average Bonchev–Trinajstić information content (AvgIpc) is 3.44. The van der Waals surface area contributed by atoms with Crippen LogP contribution in [0.25, 0.3) is 11.1 Å². The van der Waals surface area contributed by atoms with E-state index in [1.54, 1.807) is 19.0 Å². The van der Waals surface area contributed by atoms with Crippen molar-refractivity contribution < 1.29 is 28.8 Å². The number of fused-ring (bicyclic) bond motifs is 3. The highest BCUT2D eigenvalue weighted by molar-refractivity contribution is 5.86. The molecule has 35 heavy (non-hydrogen) atoms. The number of benzene rings is 2. The third-order valence-corrected chi connectivity index (χ3v) is 5.71. The van der Waals surface area contributed by atoms with Crippen molar-refractivity contribution in [2.24, 2.45) is 0 Å². The van der Waals surface area contributed by atoms with Crippen LogP contribution in [0.15, 0.2) is 59.1 Å². The van der Waals surface area contributed by atoms with E-state index in [0.29, 0.717) is 0 Å². The molecule has 2 aromatic carbocycles. The van der Waals surface area contributed by atoms with Gasteiger partial charge >= 0.3 is 12.1 Å². The number of nitrogens with one attached hydrogen (secondary N) is 2. The minimum absolute atomic E-state index is 0.0740. The molecule has 4 rings (SSSR count). The van der Waals surface area contributed by atoms with Gasteiger partial charge in [-0.15, -0.1) is 0 Å². The summed E-state index contributed by atoms with van der Waals surface area (Å²) in [6.45, 7) is 0.286. The molecule has 1 atom stereocenters. The lowest BCUT2D eigenvalue weighted by atomic mass is 9.98. The molecule has 10 heteroatoms. The molecule has 0 saturated heterocycles. The lowest BCUT2D eigenvalue weighted by molar-refractivity contribution is -0.123. The second-order valence-electron chi connectivity index (χ2n) is 8.49. The van der Waals surface area contributed by atoms with Crippen molar-refractivity contribution in [2.75, 3.05) is 27.2 Å². The van der Waals surface area contributed by atoms with Crippen molar-refractivity contribution in [3.05, 3.63) is 77.2 Å². The smallest absolute Gasteiger partial charge is 0.407 e. The summed E-state index contributed by atoms with van der Waals surface area (Å²) in [7, 11) is 3.55. The van der Waals surface area contributed by atoms with Gasteiger partial charge in [-0.3, -0.25) is 4.79 Å². The predicted octanol–water partition coefficient (Wildman–Crippen LogP) is 2.46. The molecule has 182 valence electrons. The SMILES string of the molecule is CN(C)C[C@H](NC(=O)OCC1c2ccccc2-c2ccccc21)C(=O)NCc1cc(C(=O)O)no1. The number of nitrogens with zero attached hydrogens (tertiary/aromatic N) is 2. The van der Waals surface area contributed by atoms with Crippen LogP contribution < -0.4 is 10.6 Å². The molecule has 0 aliphatic heterocycles. The van der Waals surface area contributed by atoms with E-state index in [-0.39, 0.29) is 37.1 Å². The van der Waals surface area contributed by atoms with Crippen LogP contribution in [0.4, 0.5) is 4.79 Å². The molecule has 0 saturated carbocycles. The van der Waals surface area contributed by atoms with Crippen LogP contribution in [-0.4, -0.2) is 66.4 Å². The number of carbonyl (C=O) groups excluding carboxylic acids is 2. The first-order valence-electron chi connectivity index (χ1n) is 11.1. The Morgan fingerprint density at radius 2 is 1.71 bits per heavy atom. The fourth-order valence-electron chi connectivity index (χ4n) is 4.14. The third kappa shape index (κ3) is 5.49. The number of rotatable bonds is 9. The summed E-state index contributed by atoms with van der Waals surface area (Å²) >= 11 is 0. The molecule has 1 aliphatic carbocycles. The van der Waals surface area contributed by atoms with E-state index in [4.69, 9.17) is 14.4 Å². The molecule has 10 nitrogen and oxygen atoms in total. The van der Waals surface area contributed by atoms with Gasteiger partial charge in [0.15, 0.2) is 11.5 Å². The summed E-state index contributed by atoms with van der Waals surface area (Å²) < 4.78 is 10.5. The molecule has 1 heterocycles. The summed E-state index contributed by atoms with van der Waals surface area (Å²) in [6.07, 6.45) is -0.707. The maximum absolute atomic E-state index is 12.7. The number of carbonyl (C=O) groups is 3. The van der Waals surface area contributed by atoms with Crippen molar-refractivity contribution in [1.82, 2.24) is 20.7 Å². The second-order valence-corrected chi connectivity index (χ2v) is 8.49. The molecule has 1 aliphatic rings. The number of aromatic carboxylic acids is 1. The first-order chi connectivity index (χ1) is 16.8. The number of carboxylic acids is 1. The van der Waals surface area contributed by atoms with E-state index in [9.17, 15) is 14.4 Å². The lowest BCUT2D eigenvalue weighted by Gasteiger charge is -2.22. The second kappa shape index (κ2) is 10.4. The highest BCUT2D eigenvalue weighted by Crippen LogP contribution is 2.44. The number of amides is 2. The van der Waals surface area contributed by atoms with Crippen LogP contribution in [0, 0.1) is 0 Å². The Morgan fingerprint density at radius 1 is 1.09 bits per heavy atom. The molecule has 0 radical (unpaired) electrons. The van der Waals surface area contributed by atoms with Crippen molar-refractivity contribution in [2.45, 2.75) is 18.5 Å². The summed E-state index contributed by atoms with van der Waals surface area (Å²) in [6, 6.07) is 16.4. The van der Waals surface area contributed by atoms with Crippen molar-refractivity contribution >= 4 is 18.0 Å². The summed E-state index contributed by atoms with van der Waals surface area (Å²) in [4.78, 5) is 38.1. The van der Waals surface area contributed by atoms with Crippen LogP contribution in [0.5, 0.6) is 0 Å². The molecular weight excluding hydrogens is 452 g/mol. The van der Waals surface area contributed by atoms with E-state index in [1.165, 1.54) is 6.07 Å². The van der Waals surface area contributed by atoms with Gasteiger partial charge in [0.05, 0.1) is 6.54 Å². The number of hydrogen-bond donors (Lipinski definition) is 3. The quantitative estimate of drug-likeness (QED) is 0.427. The number of aromatic nitrogens is 1. The lowest BCUT2D eigenvalue weighted by Crippen LogP contribution is -2.51. The molecule has 1 aromatic heterocycles. The summed E-state index contributed by atoms with van der Waals surface area (Å²) in [5, 5.41) is 17.6. The zero-order chi connectivity index (χ0) is 24.9. The van der Waals surface area contributed by atoms with E-state index < -0.39 is 24.0 Å². The van der Waals surface area contributed by atoms with Crippen molar-refractivity contribution in [1.29, 1.82) is 0 Å². The van der Waals surface area contributed by atoms with E-state index in [1.807, 2.05) is 36.4 Å². The Bertz CT molecular complexity index is 1190. The fraction of sp³-hybridized carbons (Fsp3) is 0.280. The first-order valence-corrected chi connectivity index (χ1v) is 11.1. The van der Waals surface area contributed by atoms with Gasteiger partial charge in [-0.05, 0) is 36.3 Å². The van der Waals surface area contributed by atoms with Gasteiger partial charge in [-0.1, -0.05) is 53.7 Å². The molecular formula is C25H26N4O6. The Balaban J connectivity index is 1.37. The van der Waals surface area contributed by atoms with Crippen molar-refractivity contribution in [3.8, 4) is 11.1 Å². The number of carboxylic acid groups (broad SMARTS) is 1. The molecule has 0 bridgehead atoms. The number of ether oxygens (including phenoxy) is 1. The van der Waals surface area contributed by atoms with E-state index >= 15 is 0 Å². The first kappa shape index (κ1) is 24.0. The van der Waals surface area contributed by atoms with Gasteiger partial charge in [-0.25, -0.2) is 9.59 Å². The largest absolute Gasteiger partial charge is 0.476 e. The normalized spacial score (nSPS) is 13.1. The number of likely N-dealkylation sites (N-methyl/N-ethyl adjacent to an activating group) is 1. The topological polar surface area (TPSA) is 134 Å². The standard InChI is InChI=1S/C25H26N4O6/c1-29(2)13-22(23(30)26-12-15-11-21(24(31)32)28-35-15)27-25(33)34-14-20-18-9-5-3-7-16(18)17-8-4-6-10-19(17)20/h3-11,20,22H,12-14H2,1-2H3,(H,26,30)(H,27,33)(H,31,32)/t22-/m0/s1. The molecule has 3 aromatic rings. The average molecular weight is 479 g/mol. The third-order valence-electron chi connectivity index (χ3n) is 5.71. The van der Waals surface area contributed by atoms with Gasteiger partial charge in [0.25, 0.3) is 0 Å². The Hall–Kier alpha value is -4.18. The fourth-order valence-corrected chi connectivity index (χ4v) is 4.14. The van der Waals surface area contributed by atoms with Gasteiger partial charge in [0, 0.05) is 18.5 Å². The zero-order valence-corrected chi connectivity index (χ0v) is 19.4. The van der Waals surface area contributed by atoms with Gasteiger partial charge < -0.3 is 29.9 Å². The minimum atomic E-state index is -1.23. The maximum atomic E-state index is 12.7. The Morgan fingerprint density at radius 3 is 2.29 bits per heavy atom. The summed E-state index contributed by atoms with van der Waals surface area (Å²) in [5.74, 6) is -1.61. The Labute approximate surface area is 201 Å². The van der Waals surface area contributed by atoms with E-state index in [2.05, 4.69) is 27.9 Å². The number of alkyl carbamates (subject to hydrolysis) is 1. The van der Waals surface area contributed by atoms with Crippen LogP contribution in [-0.2, 0) is 16.1 Å². The Kier molecular flexibility index (Phi) is 7.11. The molecule has 0 spiro atoms. The minimum Gasteiger partial charge on any atom is -0.476 e. The monoisotopic (exact) mass is 478 g/mol. The molecule has 0 fully saturated rings. The molecule has 0 unspecified atom stereocenters. The predicted molar refractivity (Wildman–Crippen MR) is 126 cm³/mol. The molecule has 3 N–H and O–H groups in total. The van der Waals surface area contributed by atoms with Gasteiger partial charge in [0.2, 0.25) is 5.91 Å². The molecule has 2 amide bonds. The van der Waals surface area contributed by atoms with E-state index in [0.717, 1.165) is 22.3 Å². The van der Waals surface area contributed by atoms with Crippen molar-refractivity contribution in [3.63, 3.8) is 0 Å². The highest BCUT2D eigenvalue weighted by atomic mass is 16.5. The number of hydrogen-bond acceptors (Lipinski definition) is 7.